The first-order valence-corrected chi connectivity index (χ1v) is 11.9. The van der Waals surface area contributed by atoms with Crippen LogP contribution in [0.15, 0.2) is 41.3 Å². The van der Waals surface area contributed by atoms with E-state index in [4.69, 9.17) is 0 Å². The molecule has 0 aliphatic heterocycles. The molecule has 2 bridgehead atoms. The van der Waals surface area contributed by atoms with Gasteiger partial charge in [-0.2, -0.15) is 4.39 Å². The van der Waals surface area contributed by atoms with Gasteiger partial charge in [0.15, 0.2) is 17.6 Å². The van der Waals surface area contributed by atoms with Gasteiger partial charge in [-0.05, 0) is 66.3 Å². The predicted octanol–water partition coefficient (Wildman–Crippen LogP) is 4.49. The number of halogens is 2. The highest BCUT2D eigenvalue weighted by atomic mass is 19.1. The van der Waals surface area contributed by atoms with E-state index in [1.54, 1.807) is 18.3 Å². The van der Waals surface area contributed by atoms with Gasteiger partial charge in [-0.1, -0.05) is 19.4 Å². The smallest absolute Gasteiger partial charge is 0.253 e. The van der Waals surface area contributed by atoms with Crippen molar-refractivity contribution in [1.29, 1.82) is 0 Å². The maximum absolute atomic E-state index is 15.3. The van der Waals surface area contributed by atoms with Crippen LogP contribution >= 0.6 is 0 Å². The summed E-state index contributed by atoms with van der Waals surface area (Å²) < 4.78 is 30.2. The fourth-order valence-electron chi connectivity index (χ4n) is 5.76. The summed E-state index contributed by atoms with van der Waals surface area (Å²) in [5, 5.41) is 19.1. The summed E-state index contributed by atoms with van der Waals surface area (Å²) in [4.78, 5) is 18.1. The van der Waals surface area contributed by atoms with E-state index in [1.165, 1.54) is 25.2 Å². The van der Waals surface area contributed by atoms with E-state index in [0.29, 0.717) is 22.5 Å². The minimum atomic E-state index is -0.911. The van der Waals surface area contributed by atoms with Crippen LogP contribution in [0.5, 0.6) is 5.75 Å². The third-order valence-electron chi connectivity index (χ3n) is 7.81. The lowest BCUT2D eigenvalue weighted by Gasteiger charge is -2.50. The van der Waals surface area contributed by atoms with Gasteiger partial charge >= 0.3 is 0 Å². The van der Waals surface area contributed by atoms with Gasteiger partial charge in [0, 0.05) is 20.2 Å². The molecule has 1 N–H and O–H groups in total. The van der Waals surface area contributed by atoms with Crippen LogP contribution in [0.25, 0.3) is 22.5 Å². The molecule has 2 aliphatic carbocycles. The molecule has 0 saturated heterocycles. The van der Waals surface area contributed by atoms with Gasteiger partial charge in [0.05, 0.1) is 17.8 Å². The summed E-state index contributed by atoms with van der Waals surface area (Å²) >= 11 is 0. The van der Waals surface area contributed by atoms with Crippen molar-refractivity contribution < 1.29 is 13.9 Å². The number of benzene rings is 1. The lowest BCUT2D eigenvalue weighted by molar-refractivity contribution is 0.0113. The first kappa shape index (κ1) is 23.4. The van der Waals surface area contributed by atoms with Crippen LogP contribution in [-0.2, 0) is 7.05 Å². The average molecular weight is 482 g/mol. The van der Waals surface area contributed by atoms with Crippen molar-refractivity contribution >= 4 is 5.82 Å². The lowest BCUT2D eigenvalue weighted by Crippen LogP contribution is -2.52. The number of hydrogen-bond donors (Lipinski definition) is 1. The minimum absolute atomic E-state index is 0.0869. The SMILES string of the molecule is CN(c1cnc(-c2ccc(-c3cc(F)n(C)c(=O)c3)cc2O)nn1)[C@H]1C[C@]2(C)CCC[C@@H](C2)[C@H]1F. The Balaban J connectivity index is 1.37. The summed E-state index contributed by atoms with van der Waals surface area (Å²) in [5.74, 6) is -0.0102. The molecule has 0 amide bonds. The number of anilines is 1. The zero-order valence-corrected chi connectivity index (χ0v) is 20.1. The van der Waals surface area contributed by atoms with E-state index >= 15 is 4.39 Å². The summed E-state index contributed by atoms with van der Waals surface area (Å²) in [6.07, 6.45) is 5.51. The molecule has 184 valence electrons. The monoisotopic (exact) mass is 481 g/mol. The molecular formula is C26H29F2N5O2. The molecule has 9 heteroatoms. The Kier molecular flexibility index (Phi) is 5.81. The zero-order chi connectivity index (χ0) is 24.9. The molecule has 0 spiro atoms. The first-order chi connectivity index (χ1) is 16.6. The zero-order valence-electron chi connectivity index (χ0n) is 20.1. The second kappa shape index (κ2) is 8.70. The number of rotatable bonds is 4. The number of aromatic nitrogens is 4. The number of nitrogens with zero attached hydrogens (tertiary/aromatic N) is 5. The molecule has 2 aliphatic rings. The van der Waals surface area contributed by atoms with E-state index < -0.39 is 17.7 Å². The molecule has 5 rings (SSSR count). The summed E-state index contributed by atoms with van der Waals surface area (Å²) in [5.41, 5.74) is 0.863. The van der Waals surface area contributed by atoms with Crippen molar-refractivity contribution in [2.45, 2.75) is 51.2 Å². The second-order valence-electron chi connectivity index (χ2n) is 10.3. The van der Waals surface area contributed by atoms with E-state index in [-0.39, 0.29) is 28.9 Å². The van der Waals surface area contributed by atoms with E-state index in [1.807, 2.05) is 11.9 Å². The topological polar surface area (TPSA) is 84.1 Å². The maximum Gasteiger partial charge on any atom is 0.253 e. The number of phenols is 1. The lowest BCUT2D eigenvalue weighted by atomic mass is 9.60. The molecule has 1 aromatic carbocycles. The molecule has 2 heterocycles. The molecule has 2 saturated carbocycles. The quantitative estimate of drug-likeness (QED) is 0.553. The Labute approximate surface area is 202 Å². The fourth-order valence-corrected chi connectivity index (χ4v) is 5.76. The molecule has 0 radical (unpaired) electrons. The van der Waals surface area contributed by atoms with Gasteiger partial charge in [-0.25, -0.2) is 9.37 Å². The van der Waals surface area contributed by atoms with E-state index in [9.17, 15) is 14.3 Å². The van der Waals surface area contributed by atoms with Crippen LogP contribution in [0.1, 0.15) is 39.0 Å². The first-order valence-electron chi connectivity index (χ1n) is 11.9. The molecule has 2 aromatic heterocycles. The van der Waals surface area contributed by atoms with Crippen molar-refractivity contribution in [3.8, 4) is 28.3 Å². The van der Waals surface area contributed by atoms with Crippen LogP contribution in [-0.4, -0.2) is 44.1 Å². The average Bonchev–Trinajstić information content (AvgIpc) is 2.84. The number of aromatic hydroxyl groups is 1. The van der Waals surface area contributed by atoms with Crippen molar-refractivity contribution in [2.75, 3.05) is 11.9 Å². The molecular weight excluding hydrogens is 452 g/mol. The number of phenolic OH excluding ortho intramolecular Hbond substituents is 1. The molecule has 2 fully saturated rings. The minimum Gasteiger partial charge on any atom is -0.507 e. The number of alkyl halides is 1. The number of fused-ring (bicyclic) bond motifs is 2. The predicted molar refractivity (Wildman–Crippen MR) is 129 cm³/mol. The largest absolute Gasteiger partial charge is 0.507 e. The highest BCUT2D eigenvalue weighted by Crippen LogP contribution is 2.50. The van der Waals surface area contributed by atoms with Crippen molar-refractivity contribution in [3.05, 3.63) is 52.8 Å². The van der Waals surface area contributed by atoms with Gasteiger partial charge in [-0.15, -0.1) is 10.2 Å². The Bertz CT molecular complexity index is 1310. The molecule has 0 unspecified atom stereocenters. The van der Waals surface area contributed by atoms with Crippen molar-refractivity contribution in [2.24, 2.45) is 18.4 Å². The van der Waals surface area contributed by atoms with Gasteiger partial charge in [-0.3, -0.25) is 9.36 Å². The van der Waals surface area contributed by atoms with Gasteiger partial charge in [0.1, 0.15) is 11.9 Å². The van der Waals surface area contributed by atoms with Crippen molar-refractivity contribution in [1.82, 2.24) is 19.7 Å². The fraction of sp³-hybridized carbons (Fsp3) is 0.462. The van der Waals surface area contributed by atoms with E-state index in [2.05, 4.69) is 22.1 Å². The Morgan fingerprint density at radius 3 is 2.66 bits per heavy atom. The van der Waals surface area contributed by atoms with Gasteiger partial charge in [0.25, 0.3) is 5.56 Å². The third-order valence-corrected chi connectivity index (χ3v) is 7.81. The number of pyridine rings is 1. The highest BCUT2D eigenvalue weighted by Gasteiger charge is 2.47. The van der Waals surface area contributed by atoms with Crippen LogP contribution < -0.4 is 10.5 Å². The summed E-state index contributed by atoms with van der Waals surface area (Å²) in [7, 11) is 3.18. The Morgan fingerprint density at radius 2 is 1.97 bits per heavy atom. The van der Waals surface area contributed by atoms with Crippen molar-refractivity contribution in [3.63, 3.8) is 0 Å². The third kappa shape index (κ3) is 4.28. The summed E-state index contributed by atoms with van der Waals surface area (Å²) in [6, 6.07) is 6.95. The van der Waals surface area contributed by atoms with Gasteiger partial charge < -0.3 is 10.0 Å². The van der Waals surface area contributed by atoms with Crippen LogP contribution in [0.4, 0.5) is 14.6 Å². The highest BCUT2D eigenvalue weighted by molar-refractivity contribution is 5.72. The summed E-state index contributed by atoms with van der Waals surface area (Å²) in [6.45, 7) is 2.26. The van der Waals surface area contributed by atoms with Gasteiger partial charge in [0.2, 0.25) is 0 Å². The van der Waals surface area contributed by atoms with Crippen LogP contribution in [0.3, 0.4) is 0 Å². The second-order valence-corrected chi connectivity index (χ2v) is 10.3. The van der Waals surface area contributed by atoms with Crippen LogP contribution in [0.2, 0.25) is 0 Å². The van der Waals surface area contributed by atoms with E-state index in [0.717, 1.165) is 36.7 Å². The number of hydrogen-bond acceptors (Lipinski definition) is 6. The normalized spacial score (nSPS) is 25.9. The molecule has 7 nitrogen and oxygen atoms in total. The Hall–Kier alpha value is -3.36. The molecule has 3 aromatic rings. The van der Waals surface area contributed by atoms with Crippen LogP contribution in [0, 0.1) is 17.3 Å². The molecule has 4 atom stereocenters. The molecule has 35 heavy (non-hydrogen) atoms. The maximum atomic E-state index is 15.3. The standard InChI is InChI=1S/C26H29F2N5O2/c1-26-8-4-5-16(12-26)24(28)19(13-26)32(2)22-14-29-25(31-30-22)18-7-6-15(9-20(18)34)17-10-21(27)33(3)23(35)11-17/h6-7,9-11,14,16,19,24,34H,4-5,8,12-13H2,1-3H3/t16-,19-,24+,26+/m0/s1. The Morgan fingerprint density at radius 1 is 1.17 bits per heavy atom.